The number of carbonyl (C=O) groups is 1. The zero-order chi connectivity index (χ0) is 5.82. The van der Waals surface area contributed by atoms with Crippen LogP contribution in [0.15, 0.2) is 30.3 Å². The Morgan fingerprint density at radius 1 is 1.11 bits per heavy atom. The molecule has 0 saturated heterocycles. The Hall–Kier alpha value is -0.311. The van der Waals surface area contributed by atoms with Crippen LogP contribution in [-0.2, 0) is 0 Å². The first-order chi connectivity index (χ1) is 3.93. The van der Waals surface area contributed by atoms with Crippen LogP contribution in [0.1, 0.15) is 10.4 Å². The summed E-state index contributed by atoms with van der Waals surface area (Å²) in [6.07, 6.45) is 0.833. The minimum atomic E-state index is 0. The van der Waals surface area contributed by atoms with Crippen molar-refractivity contribution in [1.82, 2.24) is 0 Å². The fourth-order valence-corrected chi connectivity index (χ4v) is 0.532. The number of hydrogen-bond donors (Lipinski definition) is 0. The van der Waals surface area contributed by atoms with E-state index in [0.717, 1.165) is 11.8 Å². The van der Waals surface area contributed by atoms with Crippen molar-refractivity contribution in [2.75, 3.05) is 0 Å². The SMILES string of the molecule is O=Cc1ccccc1.[Sn]. The van der Waals surface area contributed by atoms with Crippen LogP contribution in [0.5, 0.6) is 0 Å². The zero-order valence-corrected chi connectivity index (χ0v) is 7.73. The van der Waals surface area contributed by atoms with Crippen molar-refractivity contribution < 1.29 is 4.79 Å². The van der Waals surface area contributed by atoms with E-state index in [1.165, 1.54) is 0 Å². The van der Waals surface area contributed by atoms with Gasteiger partial charge in [0, 0.05) is 29.5 Å². The number of aldehydes is 1. The quantitative estimate of drug-likeness (QED) is 0.516. The van der Waals surface area contributed by atoms with E-state index in [-0.39, 0.29) is 23.9 Å². The molecule has 1 aromatic carbocycles. The number of rotatable bonds is 1. The largest absolute Gasteiger partial charge is 0.298 e. The molecule has 0 saturated carbocycles. The molecule has 0 aliphatic rings. The van der Waals surface area contributed by atoms with Gasteiger partial charge in [0.25, 0.3) is 0 Å². The molecule has 0 aromatic heterocycles. The van der Waals surface area contributed by atoms with E-state index in [9.17, 15) is 4.79 Å². The van der Waals surface area contributed by atoms with Gasteiger partial charge in [0.1, 0.15) is 6.29 Å². The van der Waals surface area contributed by atoms with Gasteiger partial charge in [0.2, 0.25) is 0 Å². The van der Waals surface area contributed by atoms with Crippen LogP contribution in [0.2, 0.25) is 0 Å². The molecule has 9 heavy (non-hydrogen) atoms. The van der Waals surface area contributed by atoms with Gasteiger partial charge in [-0.15, -0.1) is 0 Å². The van der Waals surface area contributed by atoms with Gasteiger partial charge in [-0.05, 0) is 0 Å². The molecule has 0 bridgehead atoms. The van der Waals surface area contributed by atoms with Gasteiger partial charge in [-0.1, -0.05) is 30.3 Å². The smallest absolute Gasteiger partial charge is 0.150 e. The van der Waals surface area contributed by atoms with Crippen molar-refractivity contribution in [1.29, 1.82) is 0 Å². The molecule has 0 N–H and O–H groups in total. The molecule has 0 atom stereocenters. The minimum Gasteiger partial charge on any atom is -0.298 e. The molecule has 4 radical (unpaired) electrons. The van der Waals surface area contributed by atoms with Gasteiger partial charge in [-0.25, -0.2) is 0 Å². The van der Waals surface area contributed by atoms with Gasteiger partial charge in [0.15, 0.2) is 0 Å². The van der Waals surface area contributed by atoms with Gasteiger partial charge in [0.05, 0.1) is 0 Å². The fraction of sp³-hybridized carbons (Fsp3) is 0. The average molecular weight is 225 g/mol. The van der Waals surface area contributed by atoms with Gasteiger partial charge in [-0.3, -0.25) is 4.79 Å². The predicted molar refractivity (Wildman–Crippen MR) is 37.6 cm³/mol. The van der Waals surface area contributed by atoms with Gasteiger partial charge >= 0.3 is 0 Å². The van der Waals surface area contributed by atoms with Crippen molar-refractivity contribution in [3.05, 3.63) is 35.9 Å². The van der Waals surface area contributed by atoms with Gasteiger partial charge in [-0.2, -0.15) is 0 Å². The van der Waals surface area contributed by atoms with Crippen LogP contribution in [-0.4, -0.2) is 30.2 Å². The van der Waals surface area contributed by atoms with Crippen LogP contribution in [0.25, 0.3) is 0 Å². The Bertz CT molecular complexity index is 172. The molecule has 0 aliphatic carbocycles. The normalized spacial score (nSPS) is 7.56. The summed E-state index contributed by atoms with van der Waals surface area (Å²) in [5, 5.41) is 0. The van der Waals surface area contributed by atoms with Crippen molar-refractivity contribution in [3.8, 4) is 0 Å². The molecule has 44 valence electrons. The fourth-order valence-electron chi connectivity index (χ4n) is 0.532. The van der Waals surface area contributed by atoms with Crippen molar-refractivity contribution in [3.63, 3.8) is 0 Å². The van der Waals surface area contributed by atoms with E-state index in [2.05, 4.69) is 0 Å². The predicted octanol–water partition coefficient (Wildman–Crippen LogP) is 1.12. The van der Waals surface area contributed by atoms with Crippen molar-refractivity contribution in [2.24, 2.45) is 0 Å². The maximum absolute atomic E-state index is 10.0. The van der Waals surface area contributed by atoms with Crippen LogP contribution in [0.3, 0.4) is 0 Å². The minimum absolute atomic E-state index is 0. The molecule has 0 amide bonds. The Morgan fingerprint density at radius 3 is 2.00 bits per heavy atom. The van der Waals surface area contributed by atoms with E-state index < -0.39 is 0 Å². The first kappa shape index (κ1) is 8.69. The van der Waals surface area contributed by atoms with Crippen molar-refractivity contribution in [2.45, 2.75) is 0 Å². The maximum atomic E-state index is 10.0. The van der Waals surface area contributed by atoms with Gasteiger partial charge < -0.3 is 0 Å². The molecule has 0 spiro atoms. The summed E-state index contributed by atoms with van der Waals surface area (Å²) in [6.45, 7) is 0. The molecule has 0 unspecified atom stereocenters. The zero-order valence-electron chi connectivity index (χ0n) is 4.87. The number of benzene rings is 1. The molecule has 1 rings (SSSR count). The Balaban J connectivity index is 0.000000640. The molecular formula is C7H6OSn. The topological polar surface area (TPSA) is 17.1 Å². The Labute approximate surface area is 71.0 Å². The van der Waals surface area contributed by atoms with Crippen LogP contribution < -0.4 is 0 Å². The molecule has 0 aliphatic heterocycles. The Kier molecular flexibility index (Phi) is 4.40. The first-order valence-corrected chi connectivity index (χ1v) is 2.44. The van der Waals surface area contributed by atoms with Crippen molar-refractivity contribution >= 4 is 30.2 Å². The molecule has 2 heteroatoms. The molecule has 1 nitrogen and oxygen atoms in total. The molecular weight excluding hydrogens is 219 g/mol. The summed E-state index contributed by atoms with van der Waals surface area (Å²) >= 11 is 0. The second-order valence-corrected chi connectivity index (χ2v) is 1.53. The number of hydrogen-bond acceptors (Lipinski definition) is 1. The second-order valence-electron chi connectivity index (χ2n) is 1.53. The molecule has 0 heterocycles. The van der Waals surface area contributed by atoms with E-state index in [0.29, 0.717) is 0 Å². The summed E-state index contributed by atoms with van der Waals surface area (Å²) in [5.74, 6) is 0. The summed E-state index contributed by atoms with van der Waals surface area (Å²) in [4.78, 5) is 10.0. The van der Waals surface area contributed by atoms with Crippen LogP contribution in [0, 0.1) is 0 Å². The summed E-state index contributed by atoms with van der Waals surface area (Å²) in [5.41, 5.74) is 0.729. The van der Waals surface area contributed by atoms with Crippen LogP contribution >= 0.6 is 0 Å². The van der Waals surface area contributed by atoms with Crippen LogP contribution in [0.4, 0.5) is 0 Å². The summed E-state index contributed by atoms with van der Waals surface area (Å²) in [6, 6.07) is 9.10. The Morgan fingerprint density at radius 2 is 1.67 bits per heavy atom. The molecule has 1 aromatic rings. The van der Waals surface area contributed by atoms with E-state index in [4.69, 9.17) is 0 Å². The third-order valence-corrected chi connectivity index (χ3v) is 0.936. The third kappa shape index (κ3) is 2.65. The van der Waals surface area contributed by atoms with E-state index in [1.807, 2.05) is 18.2 Å². The second kappa shape index (κ2) is 4.56. The average Bonchev–Trinajstić information content (AvgIpc) is 1.90. The standard InChI is InChI=1S/C7H6O.Sn/c8-6-7-4-2-1-3-5-7;/h1-6H;. The third-order valence-electron chi connectivity index (χ3n) is 0.936. The maximum Gasteiger partial charge on any atom is 0.150 e. The van der Waals surface area contributed by atoms with E-state index >= 15 is 0 Å². The summed E-state index contributed by atoms with van der Waals surface area (Å²) < 4.78 is 0. The summed E-state index contributed by atoms with van der Waals surface area (Å²) in [7, 11) is 0. The van der Waals surface area contributed by atoms with E-state index in [1.54, 1.807) is 12.1 Å². The first-order valence-electron chi connectivity index (χ1n) is 2.44. The molecule has 0 fully saturated rings. The monoisotopic (exact) mass is 226 g/mol. The number of carbonyl (C=O) groups excluding carboxylic acids is 1.